The number of methoxy groups -OCH3 is 1. The number of carbonyl (C=O) groups is 2. The van der Waals surface area contributed by atoms with Crippen LogP contribution in [0, 0.1) is 0 Å². The van der Waals surface area contributed by atoms with Gasteiger partial charge in [0, 0.05) is 5.02 Å². The number of esters is 1. The fraction of sp³-hybridized carbons (Fsp3) is 0.0870. The molecule has 6 nitrogen and oxygen atoms in total. The van der Waals surface area contributed by atoms with Gasteiger partial charge in [0.15, 0.2) is 4.80 Å². The Balaban J connectivity index is 1.81. The summed E-state index contributed by atoms with van der Waals surface area (Å²) in [6.45, 7) is -0.161. The normalized spacial score (nSPS) is 11.5. The number of amides is 1. The highest BCUT2D eigenvalue weighted by Gasteiger charge is 2.17. The zero-order valence-electron chi connectivity index (χ0n) is 16.7. The lowest BCUT2D eigenvalue weighted by Crippen LogP contribution is -2.22. The quantitative estimate of drug-likeness (QED) is 0.338. The lowest BCUT2D eigenvalue weighted by Gasteiger charge is -2.09. The van der Waals surface area contributed by atoms with Crippen molar-refractivity contribution in [1.82, 2.24) is 4.57 Å². The van der Waals surface area contributed by atoms with Gasteiger partial charge in [-0.3, -0.25) is 9.59 Å². The second-order valence-electron chi connectivity index (χ2n) is 6.61. The number of halogens is 2. The van der Waals surface area contributed by atoms with Crippen LogP contribution in [0.5, 0.6) is 11.5 Å². The molecule has 0 radical (unpaired) electrons. The Morgan fingerprint density at radius 3 is 2.50 bits per heavy atom. The molecular formula is C23H16Cl2N2O4S. The molecule has 0 fully saturated rings. The minimum Gasteiger partial charge on any atom is -0.468 e. The fourth-order valence-electron chi connectivity index (χ4n) is 3.05. The van der Waals surface area contributed by atoms with Crippen LogP contribution in [-0.2, 0) is 16.1 Å². The summed E-state index contributed by atoms with van der Waals surface area (Å²) in [6.07, 6.45) is 0. The average molecular weight is 487 g/mol. The molecule has 32 heavy (non-hydrogen) atoms. The number of rotatable bonds is 5. The highest BCUT2D eigenvalue weighted by Crippen LogP contribution is 2.30. The Bertz CT molecular complexity index is 1380. The molecule has 0 bridgehead atoms. The molecule has 0 aliphatic rings. The van der Waals surface area contributed by atoms with Crippen molar-refractivity contribution in [2.24, 2.45) is 4.99 Å². The number of thiazole rings is 1. The Morgan fingerprint density at radius 2 is 1.75 bits per heavy atom. The summed E-state index contributed by atoms with van der Waals surface area (Å²) >= 11 is 13.7. The van der Waals surface area contributed by atoms with Crippen molar-refractivity contribution in [1.29, 1.82) is 0 Å². The Hall–Kier alpha value is -3.13. The van der Waals surface area contributed by atoms with E-state index >= 15 is 0 Å². The molecule has 3 aromatic carbocycles. The van der Waals surface area contributed by atoms with E-state index in [-0.39, 0.29) is 16.9 Å². The number of ether oxygens (including phenoxy) is 2. The van der Waals surface area contributed by atoms with Crippen LogP contribution in [0.1, 0.15) is 10.4 Å². The van der Waals surface area contributed by atoms with Gasteiger partial charge in [-0.15, -0.1) is 0 Å². The molecule has 4 aromatic rings. The molecule has 1 heterocycles. The first-order valence-electron chi connectivity index (χ1n) is 9.42. The summed E-state index contributed by atoms with van der Waals surface area (Å²) < 4.78 is 12.9. The van der Waals surface area contributed by atoms with Gasteiger partial charge in [0.05, 0.1) is 27.9 Å². The van der Waals surface area contributed by atoms with E-state index in [1.54, 1.807) is 53.1 Å². The van der Waals surface area contributed by atoms with Crippen LogP contribution in [-0.4, -0.2) is 23.6 Å². The van der Waals surface area contributed by atoms with Gasteiger partial charge in [0.1, 0.15) is 18.0 Å². The second kappa shape index (κ2) is 9.56. The standard InChI is InChI=1S/C23H16Cl2N2O4S/c1-30-20(28)13-27-21-17(25)11-14(24)12-19(21)32-23(27)26-22(29)16-9-5-6-10-18(16)31-15-7-3-2-4-8-15/h2-12H,13H2,1H3. The van der Waals surface area contributed by atoms with Crippen LogP contribution in [0.25, 0.3) is 10.2 Å². The molecule has 9 heteroatoms. The Morgan fingerprint density at radius 1 is 1.03 bits per heavy atom. The monoisotopic (exact) mass is 486 g/mol. The van der Waals surface area contributed by atoms with Crippen LogP contribution in [0.3, 0.4) is 0 Å². The molecule has 0 atom stereocenters. The van der Waals surface area contributed by atoms with Gasteiger partial charge in [0.2, 0.25) is 0 Å². The maximum atomic E-state index is 13.1. The molecule has 0 saturated carbocycles. The number of para-hydroxylation sites is 2. The number of hydrogen-bond donors (Lipinski definition) is 0. The number of nitrogens with zero attached hydrogens (tertiary/aromatic N) is 2. The van der Waals surface area contributed by atoms with Crippen LogP contribution < -0.4 is 9.54 Å². The first-order chi connectivity index (χ1) is 15.5. The molecule has 0 unspecified atom stereocenters. The highest BCUT2D eigenvalue weighted by molar-refractivity contribution is 7.16. The van der Waals surface area contributed by atoms with E-state index in [0.29, 0.717) is 31.8 Å². The topological polar surface area (TPSA) is 69.9 Å². The predicted octanol–water partition coefficient (Wildman–Crippen LogP) is 5.72. The first kappa shape index (κ1) is 22.1. The third kappa shape index (κ3) is 4.70. The number of hydrogen-bond acceptors (Lipinski definition) is 5. The summed E-state index contributed by atoms with van der Waals surface area (Å²) in [7, 11) is 1.29. The fourth-order valence-corrected chi connectivity index (χ4v) is 4.86. The van der Waals surface area contributed by atoms with Crippen LogP contribution in [0.4, 0.5) is 0 Å². The van der Waals surface area contributed by atoms with Crippen molar-refractivity contribution in [3.8, 4) is 11.5 Å². The molecule has 0 spiro atoms. The summed E-state index contributed by atoms with van der Waals surface area (Å²) in [4.78, 5) is 29.7. The number of aromatic nitrogens is 1. The maximum absolute atomic E-state index is 13.1. The Labute approximate surface area is 197 Å². The predicted molar refractivity (Wildman–Crippen MR) is 125 cm³/mol. The summed E-state index contributed by atoms with van der Waals surface area (Å²) in [6, 6.07) is 19.2. The van der Waals surface area contributed by atoms with Crippen molar-refractivity contribution in [3.63, 3.8) is 0 Å². The summed E-state index contributed by atoms with van der Waals surface area (Å²) in [5.74, 6) is -0.0627. The van der Waals surface area contributed by atoms with E-state index in [2.05, 4.69) is 4.99 Å². The zero-order chi connectivity index (χ0) is 22.7. The van der Waals surface area contributed by atoms with Crippen molar-refractivity contribution < 1.29 is 19.1 Å². The lowest BCUT2D eigenvalue weighted by molar-refractivity contribution is -0.141. The summed E-state index contributed by atoms with van der Waals surface area (Å²) in [5, 5.41) is 0.780. The second-order valence-corrected chi connectivity index (χ2v) is 8.46. The number of carbonyl (C=O) groups excluding carboxylic acids is 2. The van der Waals surface area contributed by atoms with Crippen molar-refractivity contribution >= 4 is 56.6 Å². The molecule has 0 saturated heterocycles. The van der Waals surface area contributed by atoms with Crippen LogP contribution >= 0.6 is 34.5 Å². The lowest BCUT2D eigenvalue weighted by atomic mass is 10.2. The van der Waals surface area contributed by atoms with E-state index in [9.17, 15) is 9.59 Å². The highest BCUT2D eigenvalue weighted by atomic mass is 35.5. The van der Waals surface area contributed by atoms with E-state index in [0.717, 1.165) is 0 Å². The molecule has 162 valence electrons. The van der Waals surface area contributed by atoms with Gasteiger partial charge in [-0.2, -0.15) is 4.99 Å². The van der Waals surface area contributed by atoms with Crippen LogP contribution in [0.15, 0.2) is 71.7 Å². The van der Waals surface area contributed by atoms with Gasteiger partial charge in [0.25, 0.3) is 5.91 Å². The molecule has 0 aliphatic heterocycles. The third-order valence-electron chi connectivity index (χ3n) is 4.50. The first-order valence-corrected chi connectivity index (χ1v) is 11.0. The van der Waals surface area contributed by atoms with E-state index in [1.165, 1.54) is 18.4 Å². The minimum absolute atomic E-state index is 0.161. The third-order valence-corrected chi connectivity index (χ3v) is 6.03. The Kier molecular flexibility index (Phi) is 6.60. The summed E-state index contributed by atoms with van der Waals surface area (Å²) in [5.41, 5.74) is 0.828. The molecule has 1 amide bonds. The van der Waals surface area contributed by atoms with Gasteiger partial charge in [-0.05, 0) is 36.4 Å². The van der Waals surface area contributed by atoms with Crippen molar-refractivity contribution in [2.45, 2.75) is 6.54 Å². The van der Waals surface area contributed by atoms with Gasteiger partial charge >= 0.3 is 5.97 Å². The molecule has 1 aromatic heterocycles. The molecule has 4 rings (SSSR count). The SMILES string of the molecule is COC(=O)Cn1c(=NC(=O)c2ccccc2Oc2ccccc2)sc2cc(Cl)cc(Cl)c21. The molecular weight excluding hydrogens is 471 g/mol. The minimum atomic E-state index is -0.524. The van der Waals surface area contributed by atoms with Crippen molar-refractivity contribution in [2.75, 3.05) is 7.11 Å². The maximum Gasteiger partial charge on any atom is 0.325 e. The molecule has 0 N–H and O–H groups in total. The average Bonchev–Trinajstić information content (AvgIpc) is 3.11. The number of benzene rings is 3. The van der Waals surface area contributed by atoms with Gasteiger partial charge in [-0.1, -0.05) is 64.9 Å². The van der Waals surface area contributed by atoms with E-state index in [4.69, 9.17) is 32.7 Å². The zero-order valence-corrected chi connectivity index (χ0v) is 19.1. The smallest absolute Gasteiger partial charge is 0.325 e. The number of fused-ring (bicyclic) bond motifs is 1. The van der Waals surface area contributed by atoms with E-state index in [1.807, 2.05) is 18.2 Å². The van der Waals surface area contributed by atoms with Gasteiger partial charge < -0.3 is 14.0 Å². The largest absolute Gasteiger partial charge is 0.468 e. The van der Waals surface area contributed by atoms with Crippen molar-refractivity contribution in [3.05, 3.63) is 87.1 Å². The molecule has 0 aliphatic carbocycles. The van der Waals surface area contributed by atoms with E-state index < -0.39 is 11.9 Å². The van der Waals surface area contributed by atoms with Crippen LogP contribution in [0.2, 0.25) is 10.0 Å². The van der Waals surface area contributed by atoms with Gasteiger partial charge in [-0.25, -0.2) is 0 Å².